The molecule has 0 saturated heterocycles. The second kappa shape index (κ2) is 7.68. The lowest BCUT2D eigenvalue weighted by Gasteiger charge is -2.23. The second-order valence-electron chi connectivity index (χ2n) is 7.29. The number of anilines is 2. The van der Waals surface area contributed by atoms with Gasteiger partial charge in [0.2, 0.25) is 0 Å². The minimum absolute atomic E-state index is 0.176. The molecule has 3 rings (SSSR count). The van der Waals surface area contributed by atoms with Gasteiger partial charge in [0.1, 0.15) is 0 Å². The first kappa shape index (κ1) is 19.4. The Labute approximate surface area is 164 Å². The molecule has 6 heteroatoms. The van der Waals surface area contributed by atoms with Crippen molar-refractivity contribution in [3.8, 4) is 0 Å². The molecular formula is C22H24N4O2. The summed E-state index contributed by atoms with van der Waals surface area (Å²) < 4.78 is 0. The molecule has 0 unspecified atom stereocenters. The van der Waals surface area contributed by atoms with Crippen LogP contribution >= 0.6 is 0 Å². The molecule has 6 nitrogen and oxygen atoms in total. The van der Waals surface area contributed by atoms with E-state index in [1.807, 2.05) is 44.3 Å². The summed E-state index contributed by atoms with van der Waals surface area (Å²) in [5.41, 5.74) is 7.14. The molecule has 144 valence electrons. The van der Waals surface area contributed by atoms with Gasteiger partial charge in [0, 0.05) is 35.7 Å². The van der Waals surface area contributed by atoms with Crippen LogP contribution in [-0.4, -0.2) is 25.1 Å². The molecule has 0 aromatic heterocycles. The van der Waals surface area contributed by atoms with E-state index in [1.165, 1.54) is 11.8 Å². The van der Waals surface area contributed by atoms with Crippen LogP contribution < -0.4 is 15.6 Å². The van der Waals surface area contributed by atoms with E-state index in [1.54, 1.807) is 12.1 Å². The molecule has 0 atom stereocenters. The van der Waals surface area contributed by atoms with Gasteiger partial charge in [-0.05, 0) is 36.8 Å². The van der Waals surface area contributed by atoms with E-state index < -0.39 is 11.8 Å². The van der Waals surface area contributed by atoms with E-state index in [0.717, 1.165) is 16.9 Å². The number of allylic oxidation sites excluding steroid dienone is 2. The summed E-state index contributed by atoms with van der Waals surface area (Å²) in [5, 5.41) is 6.42. The van der Waals surface area contributed by atoms with E-state index in [0.29, 0.717) is 5.69 Å². The van der Waals surface area contributed by atoms with Crippen LogP contribution in [0.15, 0.2) is 65.4 Å². The van der Waals surface area contributed by atoms with E-state index in [-0.39, 0.29) is 5.41 Å². The van der Waals surface area contributed by atoms with Crippen molar-refractivity contribution in [2.75, 3.05) is 17.3 Å². The van der Waals surface area contributed by atoms with Crippen LogP contribution in [0, 0.1) is 6.92 Å². The van der Waals surface area contributed by atoms with Crippen molar-refractivity contribution in [2.45, 2.75) is 26.2 Å². The Kier molecular flexibility index (Phi) is 5.31. The number of hydrogen-bond acceptors (Lipinski definition) is 4. The fourth-order valence-electron chi connectivity index (χ4n) is 3.38. The van der Waals surface area contributed by atoms with Crippen LogP contribution in [0.3, 0.4) is 0 Å². The number of amides is 2. The Morgan fingerprint density at radius 1 is 1.04 bits per heavy atom. The normalized spacial score (nSPS) is 16.3. The maximum atomic E-state index is 11.9. The molecule has 28 heavy (non-hydrogen) atoms. The van der Waals surface area contributed by atoms with Gasteiger partial charge in [-0.15, -0.1) is 0 Å². The van der Waals surface area contributed by atoms with Gasteiger partial charge in [-0.3, -0.25) is 9.59 Å². The van der Waals surface area contributed by atoms with Crippen molar-refractivity contribution in [2.24, 2.45) is 5.10 Å². The lowest BCUT2D eigenvalue weighted by atomic mass is 9.84. The number of rotatable bonds is 3. The molecule has 0 saturated carbocycles. The first-order valence-electron chi connectivity index (χ1n) is 9.06. The Balaban J connectivity index is 1.62. The number of fused-ring (bicyclic) bond motifs is 1. The number of nitrogens with one attached hydrogen (secondary N) is 2. The van der Waals surface area contributed by atoms with Crippen LogP contribution in [0.25, 0.3) is 0 Å². The molecule has 0 radical (unpaired) electrons. The van der Waals surface area contributed by atoms with Gasteiger partial charge in [0.25, 0.3) is 0 Å². The van der Waals surface area contributed by atoms with E-state index in [9.17, 15) is 9.59 Å². The Morgan fingerprint density at radius 3 is 2.39 bits per heavy atom. The highest BCUT2D eigenvalue weighted by atomic mass is 16.2. The number of carbonyl (C=O) groups excluding carboxylic acids is 2. The van der Waals surface area contributed by atoms with E-state index >= 15 is 0 Å². The van der Waals surface area contributed by atoms with Crippen LogP contribution in [-0.2, 0) is 15.0 Å². The van der Waals surface area contributed by atoms with Crippen molar-refractivity contribution >= 4 is 29.4 Å². The van der Waals surface area contributed by atoms with Gasteiger partial charge in [-0.1, -0.05) is 49.7 Å². The first-order chi connectivity index (χ1) is 13.3. The highest BCUT2D eigenvalue weighted by Gasteiger charge is 2.37. The van der Waals surface area contributed by atoms with Crippen molar-refractivity contribution in [3.63, 3.8) is 0 Å². The summed E-state index contributed by atoms with van der Waals surface area (Å²) in [6.07, 6.45) is 3.34. The molecular weight excluding hydrogens is 352 g/mol. The standard InChI is InChI=1S/C22H24N4O2/c1-15-9-11-16(12-10-15)24-20(27)21(28)25-23-14-13-19-22(2,3)17-7-5-6-8-18(17)26(19)4/h5-14H,1-4H3,(H,24,27)(H,25,28)/b19-13-,23-14+. The van der Waals surface area contributed by atoms with E-state index in [4.69, 9.17) is 0 Å². The topological polar surface area (TPSA) is 73.8 Å². The largest absolute Gasteiger partial charge is 0.347 e. The predicted octanol–water partition coefficient (Wildman–Crippen LogP) is 3.35. The van der Waals surface area contributed by atoms with Crippen LogP contribution in [0.2, 0.25) is 0 Å². The number of likely N-dealkylation sites (N-methyl/N-ethyl adjacent to an activating group) is 1. The third kappa shape index (κ3) is 3.81. The van der Waals surface area contributed by atoms with Crippen LogP contribution in [0.4, 0.5) is 11.4 Å². The number of benzene rings is 2. The summed E-state index contributed by atoms with van der Waals surface area (Å²) in [4.78, 5) is 25.9. The molecule has 1 heterocycles. The zero-order valence-electron chi connectivity index (χ0n) is 16.5. The quantitative estimate of drug-likeness (QED) is 0.490. The summed E-state index contributed by atoms with van der Waals surface area (Å²) in [7, 11) is 2.00. The predicted molar refractivity (Wildman–Crippen MR) is 112 cm³/mol. The summed E-state index contributed by atoms with van der Waals surface area (Å²) >= 11 is 0. The summed E-state index contributed by atoms with van der Waals surface area (Å²) in [6.45, 7) is 6.23. The number of aryl methyl sites for hydroxylation is 1. The van der Waals surface area contributed by atoms with Crippen molar-refractivity contribution in [1.29, 1.82) is 0 Å². The summed E-state index contributed by atoms with van der Waals surface area (Å²) in [5.74, 6) is -1.59. The summed E-state index contributed by atoms with van der Waals surface area (Å²) in [6, 6.07) is 15.4. The zero-order chi connectivity index (χ0) is 20.3. The zero-order valence-corrected chi connectivity index (χ0v) is 16.5. The lowest BCUT2D eigenvalue weighted by Crippen LogP contribution is -2.32. The van der Waals surface area contributed by atoms with Gasteiger partial charge in [0.05, 0.1) is 0 Å². The average molecular weight is 376 g/mol. The number of hydrazone groups is 1. The molecule has 0 aliphatic carbocycles. The van der Waals surface area contributed by atoms with Crippen LogP contribution in [0.1, 0.15) is 25.0 Å². The lowest BCUT2D eigenvalue weighted by molar-refractivity contribution is -0.136. The number of hydrogen-bond donors (Lipinski definition) is 2. The average Bonchev–Trinajstić information content (AvgIpc) is 2.87. The van der Waals surface area contributed by atoms with Crippen molar-refractivity contribution in [1.82, 2.24) is 5.43 Å². The van der Waals surface area contributed by atoms with Crippen molar-refractivity contribution in [3.05, 3.63) is 71.4 Å². The maximum Gasteiger partial charge on any atom is 0.329 e. The molecule has 1 aliphatic rings. The van der Waals surface area contributed by atoms with Gasteiger partial charge in [-0.2, -0.15) is 5.10 Å². The third-order valence-electron chi connectivity index (χ3n) is 4.93. The number of carbonyl (C=O) groups is 2. The van der Waals surface area contributed by atoms with Gasteiger partial charge >= 0.3 is 11.8 Å². The van der Waals surface area contributed by atoms with Gasteiger partial charge in [0.15, 0.2) is 0 Å². The first-order valence-corrected chi connectivity index (χ1v) is 9.06. The minimum atomic E-state index is -0.822. The molecule has 2 aromatic rings. The fourth-order valence-corrected chi connectivity index (χ4v) is 3.38. The van der Waals surface area contributed by atoms with Gasteiger partial charge in [-0.25, -0.2) is 5.43 Å². The van der Waals surface area contributed by atoms with Crippen molar-refractivity contribution < 1.29 is 9.59 Å². The number of nitrogens with zero attached hydrogens (tertiary/aromatic N) is 2. The fraction of sp³-hybridized carbons (Fsp3) is 0.227. The highest BCUT2D eigenvalue weighted by molar-refractivity contribution is 6.39. The highest BCUT2D eigenvalue weighted by Crippen LogP contribution is 2.46. The maximum absolute atomic E-state index is 11.9. The molecule has 0 fully saturated rings. The Morgan fingerprint density at radius 2 is 1.71 bits per heavy atom. The van der Waals surface area contributed by atoms with Crippen LogP contribution in [0.5, 0.6) is 0 Å². The molecule has 2 aromatic carbocycles. The Hall–Kier alpha value is -3.41. The Bertz CT molecular complexity index is 959. The number of para-hydroxylation sites is 1. The molecule has 0 bridgehead atoms. The minimum Gasteiger partial charge on any atom is -0.347 e. The SMILES string of the molecule is Cc1ccc(NC(=O)C(=O)N/N=C/C=C2\N(C)c3ccccc3C2(C)C)cc1. The van der Waals surface area contributed by atoms with Gasteiger partial charge < -0.3 is 10.2 Å². The smallest absolute Gasteiger partial charge is 0.329 e. The molecule has 2 N–H and O–H groups in total. The third-order valence-corrected chi connectivity index (χ3v) is 4.93. The molecule has 1 aliphatic heterocycles. The molecule has 2 amide bonds. The molecule has 0 spiro atoms. The van der Waals surface area contributed by atoms with E-state index in [2.05, 4.69) is 46.7 Å². The monoisotopic (exact) mass is 376 g/mol. The second-order valence-corrected chi connectivity index (χ2v) is 7.29.